The van der Waals surface area contributed by atoms with Crippen LogP contribution in [0.4, 0.5) is 0 Å². The van der Waals surface area contributed by atoms with Crippen molar-refractivity contribution in [2.75, 3.05) is 7.05 Å². The largest absolute Gasteiger partial charge is 0.306 e. The summed E-state index contributed by atoms with van der Waals surface area (Å²) < 4.78 is 0. The van der Waals surface area contributed by atoms with Crippen molar-refractivity contribution >= 4 is 12.3 Å². The van der Waals surface area contributed by atoms with Crippen molar-refractivity contribution in [3.63, 3.8) is 0 Å². The van der Waals surface area contributed by atoms with E-state index in [9.17, 15) is 9.59 Å². The Morgan fingerprint density at radius 3 is 2.43 bits per heavy atom. The van der Waals surface area contributed by atoms with E-state index in [4.69, 9.17) is 0 Å². The SMILES string of the molecule is CNC1(C(=O)NC=O)CCC(C)CC1. The lowest BCUT2D eigenvalue weighted by molar-refractivity contribution is -0.132. The minimum absolute atomic E-state index is 0.193. The van der Waals surface area contributed by atoms with Gasteiger partial charge in [0.1, 0.15) is 0 Å². The van der Waals surface area contributed by atoms with E-state index in [0.717, 1.165) is 25.7 Å². The molecule has 4 heteroatoms. The molecule has 0 aliphatic heterocycles. The van der Waals surface area contributed by atoms with Crippen molar-refractivity contribution in [3.8, 4) is 0 Å². The fraction of sp³-hybridized carbons (Fsp3) is 0.800. The van der Waals surface area contributed by atoms with Crippen LogP contribution in [0.5, 0.6) is 0 Å². The Morgan fingerprint density at radius 2 is 2.00 bits per heavy atom. The molecule has 0 saturated heterocycles. The lowest BCUT2D eigenvalue weighted by Crippen LogP contribution is -2.57. The number of carbonyl (C=O) groups excluding carboxylic acids is 2. The molecule has 0 radical (unpaired) electrons. The maximum absolute atomic E-state index is 11.7. The Kier molecular flexibility index (Phi) is 3.63. The molecule has 0 unspecified atom stereocenters. The Balaban J connectivity index is 2.66. The van der Waals surface area contributed by atoms with Crippen molar-refractivity contribution in [3.05, 3.63) is 0 Å². The Hall–Kier alpha value is -0.900. The van der Waals surface area contributed by atoms with Crippen LogP contribution in [0.2, 0.25) is 0 Å². The highest BCUT2D eigenvalue weighted by atomic mass is 16.2. The average molecular weight is 198 g/mol. The van der Waals surface area contributed by atoms with Gasteiger partial charge in [-0.05, 0) is 38.6 Å². The Bertz CT molecular complexity index is 220. The fourth-order valence-electron chi connectivity index (χ4n) is 2.04. The van der Waals surface area contributed by atoms with Gasteiger partial charge in [0.15, 0.2) is 0 Å². The number of likely N-dealkylation sites (N-methyl/N-ethyl adjacent to an activating group) is 1. The van der Waals surface area contributed by atoms with Crippen LogP contribution in [-0.4, -0.2) is 24.9 Å². The lowest BCUT2D eigenvalue weighted by atomic mass is 9.76. The Labute approximate surface area is 84.4 Å². The van der Waals surface area contributed by atoms with Gasteiger partial charge in [-0.25, -0.2) is 0 Å². The number of nitrogens with one attached hydrogen (secondary N) is 2. The summed E-state index contributed by atoms with van der Waals surface area (Å²) in [6.45, 7) is 2.19. The molecule has 1 aliphatic carbocycles. The third kappa shape index (κ3) is 2.12. The summed E-state index contributed by atoms with van der Waals surface area (Å²) in [5, 5.41) is 5.29. The first-order valence-electron chi connectivity index (χ1n) is 5.08. The maximum Gasteiger partial charge on any atom is 0.246 e. The van der Waals surface area contributed by atoms with E-state index in [2.05, 4.69) is 17.6 Å². The second kappa shape index (κ2) is 4.55. The van der Waals surface area contributed by atoms with Crippen LogP contribution < -0.4 is 10.6 Å². The normalized spacial score (nSPS) is 32.3. The van der Waals surface area contributed by atoms with Gasteiger partial charge < -0.3 is 5.32 Å². The molecule has 1 aliphatic rings. The molecule has 1 saturated carbocycles. The van der Waals surface area contributed by atoms with Crippen molar-refractivity contribution in [2.45, 2.75) is 38.1 Å². The highest BCUT2D eigenvalue weighted by Crippen LogP contribution is 2.31. The summed E-state index contributed by atoms with van der Waals surface area (Å²) in [7, 11) is 1.78. The smallest absolute Gasteiger partial charge is 0.246 e. The van der Waals surface area contributed by atoms with Gasteiger partial charge in [0.25, 0.3) is 0 Å². The second-order valence-electron chi connectivity index (χ2n) is 4.11. The van der Waals surface area contributed by atoms with Gasteiger partial charge in [0, 0.05) is 0 Å². The molecule has 1 rings (SSSR count). The van der Waals surface area contributed by atoms with Crippen molar-refractivity contribution in [2.24, 2.45) is 5.92 Å². The first-order chi connectivity index (χ1) is 6.64. The molecule has 80 valence electrons. The van der Waals surface area contributed by atoms with Gasteiger partial charge in [0.05, 0.1) is 5.54 Å². The molecular formula is C10H18N2O2. The monoisotopic (exact) mass is 198 g/mol. The lowest BCUT2D eigenvalue weighted by Gasteiger charge is -2.37. The summed E-state index contributed by atoms with van der Waals surface area (Å²) >= 11 is 0. The van der Waals surface area contributed by atoms with Crippen molar-refractivity contribution < 1.29 is 9.59 Å². The van der Waals surface area contributed by atoms with E-state index in [1.54, 1.807) is 7.05 Å². The van der Waals surface area contributed by atoms with Crippen LogP contribution in [-0.2, 0) is 9.59 Å². The number of imide groups is 1. The maximum atomic E-state index is 11.7. The zero-order valence-corrected chi connectivity index (χ0v) is 8.80. The molecule has 1 fully saturated rings. The molecular weight excluding hydrogens is 180 g/mol. The van der Waals surface area contributed by atoms with E-state index >= 15 is 0 Å². The van der Waals surface area contributed by atoms with Crippen molar-refractivity contribution in [1.82, 2.24) is 10.6 Å². The van der Waals surface area contributed by atoms with Gasteiger partial charge in [-0.2, -0.15) is 0 Å². The van der Waals surface area contributed by atoms with Crippen LogP contribution in [0.25, 0.3) is 0 Å². The van der Waals surface area contributed by atoms with E-state index in [1.165, 1.54) is 0 Å². The molecule has 0 aromatic rings. The summed E-state index contributed by atoms with van der Waals surface area (Å²) in [6.07, 6.45) is 4.15. The van der Waals surface area contributed by atoms with E-state index < -0.39 is 5.54 Å². The molecule has 0 spiro atoms. The van der Waals surface area contributed by atoms with Gasteiger partial charge in [-0.1, -0.05) is 6.92 Å². The van der Waals surface area contributed by atoms with E-state index in [0.29, 0.717) is 12.3 Å². The first kappa shape index (κ1) is 11.2. The van der Waals surface area contributed by atoms with Crippen molar-refractivity contribution in [1.29, 1.82) is 0 Å². The molecule has 0 heterocycles. The topological polar surface area (TPSA) is 58.2 Å². The fourth-order valence-corrected chi connectivity index (χ4v) is 2.04. The summed E-state index contributed by atoms with van der Waals surface area (Å²) in [4.78, 5) is 21.9. The number of hydrogen-bond donors (Lipinski definition) is 2. The number of carbonyl (C=O) groups is 2. The predicted octanol–water partition coefficient (Wildman–Crippen LogP) is 0.427. The predicted molar refractivity (Wildman–Crippen MR) is 53.6 cm³/mol. The zero-order valence-electron chi connectivity index (χ0n) is 8.80. The van der Waals surface area contributed by atoms with Gasteiger partial charge in [-0.15, -0.1) is 0 Å². The van der Waals surface area contributed by atoms with Gasteiger partial charge in [0.2, 0.25) is 12.3 Å². The van der Waals surface area contributed by atoms with Crippen LogP contribution in [0.1, 0.15) is 32.6 Å². The van der Waals surface area contributed by atoms with Gasteiger partial charge >= 0.3 is 0 Å². The van der Waals surface area contributed by atoms with E-state index in [-0.39, 0.29) is 5.91 Å². The molecule has 0 atom stereocenters. The number of amides is 2. The highest BCUT2D eigenvalue weighted by molar-refractivity contribution is 5.93. The molecule has 0 aromatic carbocycles. The van der Waals surface area contributed by atoms with Crippen LogP contribution in [0, 0.1) is 5.92 Å². The Morgan fingerprint density at radius 1 is 1.43 bits per heavy atom. The number of rotatable bonds is 3. The first-order valence-corrected chi connectivity index (χ1v) is 5.08. The zero-order chi connectivity index (χ0) is 10.6. The summed E-state index contributed by atoms with van der Waals surface area (Å²) in [5.41, 5.74) is -0.520. The average Bonchev–Trinajstić information content (AvgIpc) is 2.20. The third-order valence-electron chi connectivity index (χ3n) is 3.23. The van der Waals surface area contributed by atoms with Crippen LogP contribution in [0.15, 0.2) is 0 Å². The molecule has 14 heavy (non-hydrogen) atoms. The minimum atomic E-state index is -0.520. The second-order valence-corrected chi connectivity index (χ2v) is 4.11. The van der Waals surface area contributed by atoms with Gasteiger partial charge in [-0.3, -0.25) is 14.9 Å². The molecule has 4 nitrogen and oxygen atoms in total. The summed E-state index contributed by atoms with van der Waals surface area (Å²) in [5.74, 6) is 0.488. The minimum Gasteiger partial charge on any atom is -0.306 e. The highest BCUT2D eigenvalue weighted by Gasteiger charge is 2.39. The standard InChI is InChI=1S/C10H18N2O2/c1-8-3-5-10(11-2,6-4-8)9(14)12-7-13/h7-8,11H,3-6H2,1-2H3,(H,12,13,14). The van der Waals surface area contributed by atoms with Crippen LogP contribution >= 0.6 is 0 Å². The quantitative estimate of drug-likeness (QED) is 0.646. The molecule has 2 amide bonds. The third-order valence-corrected chi connectivity index (χ3v) is 3.23. The molecule has 2 N–H and O–H groups in total. The molecule has 0 aromatic heterocycles. The van der Waals surface area contributed by atoms with E-state index in [1.807, 2.05) is 0 Å². The molecule has 0 bridgehead atoms. The summed E-state index contributed by atoms with van der Waals surface area (Å²) in [6, 6.07) is 0. The number of hydrogen-bond acceptors (Lipinski definition) is 3. The van der Waals surface area contributed by atoms with Crippen LogP contribution in [0.3, 0.4) is 0 Å².